The summed E-state index contributed by atoms with van der Waals surface area (Å²) in [4.78, 5) is 24.4. The second-order valence-electron chi connectivity index (χ2n) is 4.15. The zero-order valence-electron chi connectivity index (χ0n) is 9.95. The van der Waals surface area contributed by atoms with Crippen molar-refractivity contribution in [1.29, 1.82) is 0 Å². The highest BCUT2D eigenvalue weighted by atomic mass is 35.5. The minimum absolute atomic E-state index is 0.0176. The molecule has 1 aliphatic heterocycles. The molecule has 1 unspecified atom stereocenters. The number of amides is 1. The Bertz CT molecular complexity index is 550. The Morgan fingerprint density at radius 2 is 2.16 bits per heavy atom. The average molecular weight is 306 g/mol. The Hall–Kier alpha value is -1.33. The number of carbonyl (C=O) groups is 2. The maximum absolute atomic E-state index is 13.9. The van der Waals surface area contributed by atoms with Gasteiger partial charge in [-0.2, -0.15) is 0 Å². The molecule has 1 aromatic rings. The van der Waals surface area contributed by atoms with E-state index in [-0.39, 0.29) is 34.6 Å². The lowest BCUT2D eigenvalue weighted by molar-refractivity contribution is -0.145. The molecule has 0 aliphatic carbocycles. The fraction of sp³-hybridized carbons (Fsp3) is 0.333. The summed E-state index contributed by atoms with van der Waals surface area (Å²) in [6.45, 7) is 0.0547. The fourth-order valence-electron chi connectivity index (χ4n) is 2.00. The first-order valence-corrected chi connectivity index (χ1v) is 6.22. The second-order valence-corrected chi connectivity index (χ2v) is 4.99. The Morgan fingerprint density at radius 1 is 1.47 bits per heavy atom. The van der Waals surface area contributed by atoms with Crippen molar-refractivity contribution in [3.8, 4) is 0 Å². The van der Waals surface area contributed by atoms with Crippen molar-refractivity contribution in [2.45, 2.75) is 6.42 Å². The lowest BCUT2D eigenvalue weighted by atomic mass is 10.1. The molecule has 2 rings (SSSR count). The molecule has 1 aliphatic rings. The summed E-state index contributed by atoms with van der Waals surface area (Å²) in [5, 5.41) is 0.0486. The van der Waals surface area contributed by atoms with Crippen LogP contribution in [-0.2, 0) is 14.3 Å². The Balaban J connectivity index is 2.33. The third-order valence-corrected chi connectivity index (χ3v) is 3.42. The van der Waals surface area contributed by atoms with Gasteiger partial charge in [0.25, 0.3) is 0 Å². The van der Waals surface area contributed by atoms with Crippen LogP contribution in [0, 0.1) is 11.7 Å². The van der Waals surface area contributed by atoms with Crippen molar-refractivity contribution in [3.05, 3.63) is 28.0 Å². The van der Waals surface area contributed by atoms with Gasteiger partial charge in [-0.3, -0.25) is 9.59 Å². The summed E-state index contributed by atoms with van der Waals surface area (Å²) in [7, 11) is 1.24. The van der Waals surface area contributed by atoms with Gasteiger partial charge in [0, 0.05) is 18.0 Å². The van der Waals surface area contributed by atoms with Crippen molar-refractivity contribution < 1.29 is 18.7 Å². The van der Waals surface area contributed by atoms with Crippen LogP contribution >= 0.6 is 23.2 Å². The molecule has 0 aromatic heterocycles. The average Bonchev–Trinajstić information content (AvgIpc) is 2.75. The number of methoxy groups -OCH3 is 1. The van der Waals surface area contributed by atoms with Gasteiger partial charge in [-0.1, -0.05) is 23.2 Å². The van der Waals surface area contributed by atoms with Crippen LogP contribution in [0.15, 0.2) is 12.1 Å². The van der Waals surface area contributed by atoms with Gasteiger partial charge in [0.2, 0.25) is 5.91 Å². The first-order chi connectivity index (χ1) is 8.93. The molecule has 0 saturated carbocycles. The number of carbonyl (C=O) groups excluding carboxylic acids is 2. The van der Waals surface area contributed by atoms with Gasteiger partial charge in [-0.25, -0.2) is 4.39 Å². The molecule has 19 heavy (non-hydrogen) atoms. The summed E-state index contributed by atoms with van der Waals surface area (Å²) in [5.41, 5.74) is -0.0195. The molecule has 0 spiro atoms. The molecule has 4 nitrogen and oxygen atoms in total. The molecule has 1 amide bonds. The van der Waals surface area contributed by atoms with Crippen molar-refractivity contribution >= 4 is 40.8 Å². The quantitative estimate of drug-likeness (QED) is 0.623. The molecule has 0 radical (unpaired) electrons. The topological polar surface area (TPSA) is 46.6 Å². The fourth-order valence-corrected chi connectivity index (χ4v) is 2.49. The molecule has 0 bridgehead atoms. The predicted octanol–water partition coefficient (Wildman–Crippen LogP) is 2.66. The summed E-state index contributed by atoms with van der Waals surface area (Å²) in [6.07, 6.45) is -0.0176. The standard InChI is InChI=1S/C12H10Cl2FNO3/c1-19-12(18)6-2-10(17)16(5-6)9-4-7(13)3-8(14)11(9)15/h3-4,6H,2,5H2,1H3. The number of halogens is 3. The third kappa shape index (κ3) is 2.67. The van der Waals surface area contributed by atoms with Crippen LogP contribution in [0.5, 0.6) is 0 Å². The molecule has 1 fully saturated rings. The smallest absolute Gasteiger partial charge is 0.311 e. The van der Waals surface area contributed by atoms with E-state index in [1.165, 1.54) is 19.2 Å². The Kier molecular flexibility index (Phi) is 3.96. The van der Waals surface area contributed by atoms with Crippen molar-refractivity contribution in [3.63, 3.8) is 0 Å². The molecule has 1 atom stereocenters. The van der Waals surface area contributed by atoms with E-state index in [0.717, 1.165) is 4.90 Å². The van der Waals surface area contributed by atoms with Crippen LogP contribution in [0.1, 0.15) is 6.42 Å². The lowest BCUT2D eigenvalue weighted by Crippen LogP contribution is -2.27. The number of hydrogen-bond donors (Lipinski definition) is 0. The van der Waals surface area contributed by atoms with Crippen LogP contribution in [-0.4, -0.2) is 25.5 Å². The minimum Gasteiger partial charge on any atom is -0.469 e. The van der Waals surface area contributed by atoms with Gasteiger partial charge >= 0.3 is 5.97 Å². The van der Waals surface area contributed by atoms with Crippen molar-refractivity contribution in [1.82, 2.24) is 0 Å². The Morgan fingerprint density at radius 3 is 2.79 bits per heavy atom. The van der Waals surface area contributed by atoms with Crippen LogP contribution in [0.3, 0.4) is 0 Å². The maximum atomic E-state index is 13.9. The highest BCUT2D eigenvalue weighted by Crippen LogP contribution is 2.33. The van der Waals surface area contributed by atoms with E-state index in [0.29, 0.717) is 0 Å². The summed E-state index contributed by atoms with van der Waals surface area (Å²) in [6, 6.07) is 2.56. The van der Waals surface area contributed by atoms with Gasteiger partial charge < -0.3 is 9.64 Å². The number of hydrogen-bond acceptors (Lipinski definition) is 3. The summed E-state index contributed by atoms with van der Waals surface area (Å²) < 4.78 is 18.5. The SMILES string of the molecule is COC(=O)C1CC(=O)N(c2cc(Cl)cc(Cl)c2F)C1. The van der Waals surface area contributed by atoms with Gasteiger partial charge in [0.15, 0.2) is 5.82 Å². The van der Waals surface area contributed by atoms with Crippen LogP contribution in [0.4, 0.5) is 10.1 Å². The number of rotatable bonds is 2. The van der Waals surface area contributed by atoms with Gasteiger partial charge in [0.05, 0.1) is 23.7 Å². The van der Waals surface area contributed by atoms with Crippen molar-refractivity contribution in [2.75, 3.05) is 18.6 Å². The van der Waals surface area contributed by atoms with E-state index >= 15 is 0 Å². The van der Waals surface area contributed by atoms with E-state index in [4.69, 9.17) is 23.2 Å². The molecular formula is C12H10Cl2FNO3. The molecule has 0 N–H and O–H groups in total. The van der Waals surface area contributed by atoms with Gasteiger partial charge in [-0.05, 0) is 12.1 Å². The zero-order valence-corrected chi connectivity index (χ0v) is 11.5. The predicted molar refractivity (Wildman–Crippen MR) is 68.9 cm³/mol. The molecule has 102 valence electrons. The molecule has 7 heteroatoms. The Labute approximate surface area is 119 Å². The molecule has 1 saturated heterocycles. The third-order valence-electron chi connectivity index (χ3n) is 2.92. The van der Waals surface area contributed by atoms with E-state index < -0.39 is 17.7 Å². The van der Waals surface area contributed by atoms with Gasteiger partial charge in [0.1, 0.15) is 0 Å². The lowest BCUT2D eigenvalue weighted by Gasteiger charge is -2.18. The minimum atomic E-state index is -0.732. The van der Waals surface area contributed by atoms with E-state index in [9.17, 15) is 14.0 Å². The van der Waals surface area contributed by atoms with Crippen molar-refractivity contribution in [2.24, 2.45) is 5.92 Å². The summed E-state index contributed by atoms with van der Waals surface area (Å²) >= 11 is 11.5. The number of ether oxygens (including phenoxy) is 1. The highest BCUT2D eigenvalue weighted by Gasteiger charge is 2.37. The number of nitrogens with zero attached hydrogens (tertiary/aromatic N) is 1. The number of esters is 1. The highest BCUT2D eigenvalue weighted by molar-refractivity contribution is 6.35. The molecule has 1 heterocycles. The number of benzene rings is 1. The maximum Gasteiger partial charge on any atom is 0.311 e. The first kappa shape index (κ1) is 14.1. The summed E-state index contributed by atoms with van der Waals surface area (Å²) in [5.74, 6) is -2.20. The van der Waals surface area contributed by atoms with Gasteiger partial charge in [-0.15, -0.1) is 0 Å². The molecular weight excluding hydrogens is 296 g/mol. The number of anilines is 1. The largest absolute Gasteiger partial charge is 0.469 e. The molecule has 1 aromatic carbocycles. The second kappa shape index (κ2) is 5.35. The first-order valence-electron chi connectivity index (χ1n) is 5.46. The normalized spacial score (nSPS) is 18.8. The van der Waals surface area contributed by atoms with E-state index in [2.05, 4.69) is 4.74 Å². The zero-order chi connectivity index (χ0) is 14.2. The van der Waals surface area contributed by atoms with Crippen LogP contribution in [0.25, 0.3) is 0 Å². The monoisotopic (exact) mass is 305 g/mol. The van der Waals surface area contributed by atoms with Crippen LogP contribution in [0.2, 0.25) is 10.0 Å². The van der Waals surface area contributed by atoms with E-state index in [1.807, 2.05) is 0 Å². The van der Waals surface area contributed by atoms with Crippen LogP contribution < -0.4 is 4.90 Å². The van der Waals surface area contributed by atoms with E-state index in [1.54, 1.807) is 0 Å².